The van der Waals surface area contributed by atoms with Crippen LogP contribution in [-0.4, -0.2) is 39.7 Å². The monoisotopic (exact) mass is 433 g/mol. The number of hydrogen-bond acceptors (Lipinski definition) is 3. The predicted octanol–water partition coefficient (Wildman–Crippen LogP) is 5.80. The molecule has 0 radical (unpaired) electrons. The minimum atomic E-state index is 0.150. The molecule has 0 saturated carbocycles. The highest BCUT2D eigenvalue weighted by atomic mass is 32.2. The number of aromatic nitrogens is 2. The fourth-order valence-electron chi connectivity index (χ4n) is 4.35. The van der Waals surface area contributed by atoms with Gasteiger partial charge in [-0.05, 0) is 48.3 Å². The van der Waals surface area contributed by atoms with Crippen molar-refractivity contribution in [2.24, 2.45) is 0 Å². The third kappa shape index (κ3) is 4.87. The molecule has 1 amide bonds. The maximum absolute atomic E-state index is 13.0. The van der Waals surface area contributed by atoms with Crippen molar-refractivity contribution < 1.29 is 4.79 Å². The van der Waals surface area contributed by atoms with E-state index in [1.807, 2.05) is 41.6 Å². The van der Waals surface area contributed by atoms with E-state index in [9.17, 15) is 4.79 Å². The van der Waals surface area contributed by atoms with Crippen molar-refractivity contribution in [2.75, 3.05) is 19.3 Å². The molecule has 31 heavy (non-hydrogen) atoms. The Kier molecular flexibility index (Phi) is 6.81. The second kappa shape index (κ2) is 9.73. The second-order valence-electron chi connectivity index (χ2n) is 8.58. The molecule has 2 aromatic carbocycles. The van der Waals surface area contributed by atoms with Crippen molar-refractivity contribution in [3.05, 3.63) is 83.4 Å². The lowest BCUT2D eigenvalue weighted by Gasteiger charge is -2.32. The van der Waals surface area contributed by atoms with Crippen LogP contribution in [0.4, 0.5) is 0 Å². The number of benzene rings is 2. The number of piperidine rings is 1. The first kappa shape index (κ1) is 21.7. The number of carbonyl (C=O) groups excluding carboxylic acids is 1. The average molecular weight is 434 g/mol. The Morgan fingerprint density at radius 1 is 1.10 bits per heavy atom. The quantitative estimate of drug-likeness (QED) is 0.461. The van der Waals surface area contributed by atoms with E-state index in [0.717, 1.165) is 48.8 Å². The van der Waals surface area contributed by atoms with Crippen LogP contribution in [0.3, 0.4) is 0 Å². The second-order valence-corrected chi connectivity index (χ2v) is 9.42. The first-order valence-electron chi connectivity index (χ1n) is 11.1. The average Bonchev–Trinajstić information content (AvgIpc) is 3.27. The van der Waals surface area contributed by atoms with Gasteiger partial charge < -0.3 is 9.47 Å². The van der Waals surface area contributed by atoms with Crippen molar-refractivity contribution in [2.45, 2.75) is 50.0 Å². The smallest absolute Gasteiger partial charge is 0.254 e. The Morgan fingerprint density at radius 3 is 2.48 bits per heavy atom. The van der Waals surface area contributed by atoms with Crippen molar-refractivity contribution >= 4 is 17.7 Å². The zero-order valence-electron chi connectivity index (χ0n) is 18.6. The molecule has 4 nitrogen and oxygen atoms in total. The van der Waals surface area contributed by atoms with Crippen LogP contribution in [0.1, 0.15) is 65.8 Å². The van der Waals surface area contributed by atoms with Gasteiger partial charge in [0.15, 0.2) is 0 Å². The van der Waals surface area contributed by atoms with Crippen LogP contribution in [0.5, 0.6) is 0 Å². The lowest BCUT2D eigenvalue weighted by molar-refractivity contribution is 0.0707. The largest absolute Gasteiger partial charge is 0.339 e. The lowest BCUT2D eigenvalue weighted by atomic mass is 9.95. The molecule has 5 heteroatoms. The van der Waals surface area contributed by atoms with Gasteiger partial charge >= 0.3 is 0 Å². The number of thioether (sulfide) groups is 1. The molecule has 0 N–H and O–H groups in total. The van der Waals surface area contributed by atoms with E-state index in [1.54, 1.807) is 11.8 Å². The van der Waals surface area contributed by atoms with E-state index in [4.69, 9.17) is 4.98 Å². The van der Waals surface area contributed by atoms with Crippen molar-refractivity contribution in [3.63, 3.8) is 0 Å². The molecule has 1 fully saturated rings. The summed E-state index contributed by atoms with van der Waals surface area (Å²) in [5, 5.41) is 0. The van der Waals surface area contributed by atoms with Gasteiger partial charge in [-0.15, -0.1) is 11.8 Å². The first-order chi connectivity index (χ1) is 15.1. The van der Waals surface area contributed by atoms with Gasteiger partial charge in [-0.1, -0.05) is 50.2 Å². The summed E-state index contributed by atoms with van der Waals surface area (Å²) in [6.45, 7) is 6.85. The topological polar surface area (TPSA) is 38.1 Å². The minimum absolute atomic E-state index is 0.150. The number of imidazole rings is 1. The number of rotatable bonds is 6. The molecular formula is C26H31N3OS. The zero-order valence-corrected chi connectivity index (χ0v) is 19.4. The van der Waals surface area contributed by atoms with Gasteiger partial charge in [0, 0.05) is 42.8 Å². The lowest BCUT2D eigenvalue weighted by Crippen LogP contribution is -2.38. The fourth-order valence-corrected chi connectivity index (χ4v) is 4.94. The van der Waals surface area contributed by atoms with Gasteiger partial charge in [0.1, 0.15) is 5.82 Å². The molecule has 1 aliphatic heterocycles. The number of hydrogen-bond donors (Lipinski definition) is 0. The molecule has 0 atom stereocenters. The van der Waals surface area contributed by atoms with Gasteiger partial charge in [0.05, 0.1) is 5.56 Å². The number of nitrogens with zero attached hydrogens (tertiary/aromatic N) is 3. The van der Waals surface area contributed by atoms with Crippen LogP contribution >= 0.6 is 11.8 Å². The highest BCUT2D eigenvalue weighted by Gasteiger charge is 2.27. The summed E-state index contributed by atoms with van der Waals surface area (Å²) >= 11 is 1.63. The maximum Gasteiger partial charge on any atom is 0.254 e. The summed E-state index contributed by atoms with van der Waals surface area (Å²) in [5.74, 6) is 2.24. The Morgan fingerprint density at radius 2 is 1.81 bits per heavy atom. The SMILES string of the molecule is CSc1ccccc1C(=O)N1CCC(c2nccn2Cc2ccc(C(C)C)cc2)CC1. The molecule has 1 aliphatic rings. The van der Waals surface area contributed by atoms with Crippen molar-refractivity contribution in [3.8, 4) is 0 Å². The summed E-state index contributed by atoms with van der Waals surface area (Å²) in [7, 11) is 0. The van der Waals surface area contributed by atoms with E-state index in [1.165, 1.54) is 11.1 Å². The predicted molar refractivity (Wildman–Crippen MR) is 128 cm³/mol. The van der Waals surface area contributed by atoms with Crippen LogP contribution in [-0.2, 0) is 6.54 Å². The molecule has 1 aromatic heterocycles. The summed E-state index contributed by atoms with van der Waals surface area (Å²) < 4.78 is 2.27. The molecule has 4 rings (SSSR count). The number of amides is 1. The van der Waals surface area contributed by atoms with E-state index in [-0.39, 0.29) is 5.91 Å². The molecular weight excluding hydrogens is 402 g/mol. The Bertz CT molecular complexity index is 1020. The van der Waals surface area contributed by atoms with Crippen LogP contribution < -0.4 is 0 Å². The molecule has 2 heterocycles. The number of likely N-dealkylation sites (tertiary alicyclic amines) is 1. The summed E-state index contributed by atoms with van der Waals surface area (Å²) in [4.78, 5) is 20.8. The Hall–Kier alpha value is -2.53. The van der Waals surface area contributed by atoms with E-state index in [0.29, 0.717) is 11.8 Å². The van der Waals surface area contributed by atoms with Crippen LogP contribution in [0, 0.1) is 0 Å². The summed E-state index contributed by atoms with van der Waals surface area (Å²) in [6, 6.07) is 16.8. The molecule has 3 aromatic rings. The van der Waals surface area contributed by atoms with Gasteiger partial charge in [0.2, 0.25) is 0 Å². The van der Waals surface area contributed by atoms with E-state index in [2.05, 4.69) is 48.9 Å². The van der Waals surface area contributed by atoms with Crippen LogP contribution in [0.2, 0.25) is 0 Å². The zero-order chi connectivity index (χ0) is 21.8. The first-order valence-corrected chi connectivity index (χ1v) is 12.3. The molecule has 1 saturated heterocycles. The molecule has 162 valence electrons. The highest BCUT2D eigenvalue weighted by molar-refractivity contribution is 7.98. The van der Waals surface area contributed by atoms with E-state index < -0.39 is 0 Å². The maximum atomic E-state index is 13.0. The molecule has 0 spiro atoms. The molecule has 0 bridgehead atoms. The van der Waals surface area contributed by atoms with Gasteiger partial charge in [-0.3, -0.25) is 4.79 Å². The minimum Gasteiger partial charge on any atom is -0.339 e. The third-order valence-electron chi connectivity index (χ3n) is 6.23. The van der Waals surface area contributed by atoms with Crippen LogP contribution in [0.15, 0.2) is 65.8 Å². The Balaban J connectivity index is 1.41. The Labute approximate surface area is 189 Å². The highest BCUT2D eigenvalue weighted by Crippen LogP contribution is 2.29. The van der Waals surface area contributed by atoms with E-state index >= 15 is 0 Å². The van der Waals surface area contributed by atoms with Crippen LogP contribution in [0.25, 0.3) is 0 Å². The summed E-state index contributed by atoms with van der Waals surface area (Å²) in [5.41, 5.74) is 3.49. The third-order valence-corrected chi connectivity index (χ3v) is 7.03. The number of carbonyl (C=O) groups is 1. The van der Waals surface area contributed by atoms with Gasteiger partial charge in [-0.2, -0.15) is 0 Å². The van der Waals surface area contributed by atoms with Gasteiger partial charge in [0.25, 0.3) is 5.91 Å². The summed E-state index contributed by atoms with van der Waals surface area (Å²) in [6.07, 6.45) is 7.92. The van der Waals surface area contributed by atoms with Crippen molar-refractivity contribution in [1.82, 2.24) is 14.5 Å². The molecule has 0 aliphatic carbocycles. The van der Waals surface area contributed by atoms with Gasteiger partial charge in [-0.25, -0.2) is 4.98 Å². The normalized spacial score (nSPS) is 14.9. The fraction of sp³-hybridized carbons (Fsp3) is 0.385. The molecule has 0 unspecified atom stereocenters. The standard InChI is InChI=1S/C26H31N3OS/c1-19(2)21-10-8-20(9-11-21)18-29-17-14-27-25(29)22-12-15-28(16-13-22)26(30)23-6-4-5-7-24(23)31-3/h4-11,14,17,19,22H,12-13,15-16,18H2,1-3H3. The van der Waals surface area contributed by atoms with Crippen molar-refractivity contribution in [1.29, 1.82) is 0 Å².